The Morgan fingerprint density at radius 2 is 2.06 bits per heavy atom. The molecule has 0 radical (unpaired) electrons. The minimum absolute atomic E-state index is 0.0530. The number of aliphatic hydroxyl groups is 1. The topological polar surface area (TPSA) is 61.4 Å². The number of hydrogen-bond acceptors (Lipinski definition) is 4. The molecule has 5 heteroatoms. The second-order valence-corrected chi connectivity index (χ2v) is 5.88. The molecule has 0 spiro atoms. The zero-order valence-corrected chi connectivity index (χ0v) is 12.0. The molecule has 0 aromatic carbocycles. The lowest BCUT2D eigenvalue weighted by molar-refractivity contribution is -0.121. The Morgan fingerprint density at radius 3 is 2.65 bits per heavy atom. The number of rotatable bonds is 10. The van der Waals surface area contributed by atoms with E-state index in [9.17, 15) is 4.79 Å². The van der Waals surface area contributed by atoms with Gasteiger partial charge in [-0.3, -0.25) is 4.79 Å². The van der Waals surface area contributed by atoms with Crippen LogP contribution in [0.5, 0.6) is 0 Å². The van der Waals surface area contributed by atoms with Gasteiger partial charge in [-0.1, -0.05) is 6.92 Å². The quantitative estimate of drug-likeness (QED) is 0.514. The van der Waals surface area contributed by atoms with Gasteiger partial charge >= 0.3 is 0 Å². The minimum Gasteiger partial charge on any atom is -0.396 e. The van der Waals surface area contributed by atoms with E-state index in [1.807, 2.05) is 13.8 Å². The van der Waals surface area contributed by atoms with Gasteiger partial charge in [0.25, 0.3) is 0 Å². The molecular weight excluding hydrogens is 236 g/mol. The molecule has 0 aromatic rings. The average molecular weight is 262 g/mol. The number of hydrogen-bond donors (Lipinski definition) is 3. The molecule has 0 saturated carbocycles. The summed E-state index contributed by atoms with van der Waals surface area (Å²) in [6.45, 7) is 7.58. The fourth-order valence-electron chi connectivity index (χ4n) is 1.12. The summed E-state index contributed by atoms with van der Waals surface area (Å²) >= 11 is 1.79. The van der Waals surface area contributed by atoms with Gasteiger partial charge in [-0.05, 0) is 32.4 Å². The van der Waals surface area contributed by atoms with Gasteiger partial charge < -0.3 is 15.7 Å². The molecule has 0 aliphatic heterocycles. The Kier molecular flexibility index (Phi) is 9.59. The highest BCUT2D eigenvalue weighted by Gasteiger charge is 2.16. The lowest BCUT2D eigenvalue weighted by Gasteiger charge is -2.24. The predicted octanol–water partition coefficient (Wildman–Crippen LogP) is 0.996. The van der Waals surface area contributed by atoms with E-state index in [-0.39, 0.29) is 18.1 Å². The van der Waals surface area contributed by atoms with Crippen molar-refractivity contribution in [3.8, 4) is 0 Å². The van der Waals surface area contributed by atoms with Crippen LogP contribution >= 0.6 is 11.8 Å². The molecule has 17 heavy (non-hydrogen) atoms. The maximum atomic E-state index is 11.5. The van der Waals surface area contributed by atoms with Crippen LogP contribution in [0.2, 0.25) is 0 Å². The van der Waals surface area contributed by atoms with Gasteiger partial charge in [0.15, 0.2) is 0 Å². The number of carbonyl (C=O) groups excluding carboxylic acids is 1. The number of thioether (sulfide) groups is 1. The van der Waals surface area contributed by atoms with Crippen LogP contribution in [-0.4, -0.2) is 47.8 Å². The van der Waals surface area contributed by atoms with Crippen LogP contribution < -0.4 is 10.6 Å². The van der Waals surface area contributed by atoms with Crippen LogP contribution in [-0.2, 0) is 4.79 Å². The summed E-state index contributed by atoms with van der Waals surface area (Å²) in [5.74, 6) is 2.01. The van der Waals surface area contributed by atoms with Crippen LogP contribution in [0, 0.1) is 0 Å². The second-order valence-electron chi connectivity index (χ2n) is 4.65. The second kappa shape index (κ2) is 9.74. The number of aliphatic hydroxyl groups excluding tert-OH is 1. The molecule has 0 bridgehead atoms. The van der Waals surface area contributed by atoms with E-state index in [4.69, 9.17) is 5.11 Å². The van der Waals surface area contributed by atoms with Gasteiger partial charge in [0.05, 0.1) is 6.54 Å². The Bertz CT molecular complexity index is 211. The smallest absolute Gasteiger partial charge is 0.234 e. The number of nitrogens with one attached hydrogen (secondary N) is 2. The normalized spacial score (nSPS) is 11.5. The first-order valence-corrected chi connectivity index (χ1v) is 7.37. The molecule has 0 atom stereocenters. The summed E-state index contributed by atoms with van der Waals surface area (Å²) in [6.07, 6.45) is 1.77. The van der Waals surface area contributed by atoms with Gasteiger partial charge in [-0.25, -0.2) is 0 Å². The molecule has 3 N–H and O–H groups in total. The lowest BCUT2D eigenvalue weighted by atomic mass is 10.0. The van der Waals surface area contributed by atoms with Crippen molar-refractivity contribution in [1.82, 2.24) is 10.6 Å². The van der Waals surface area contributed by atoms with Gasteiger partial charge in [0.1, 0.15) is 0 Å². The molecule has 102 valence electrons. The molecule has 0 rings (SSSR count). The molecule has 0 aliphatic carbocycles. The van der Waals surface area contributed by atoms with Crippen LogP contribution in [0.3, 0.4) is 0 Å². The minimum atomic E-state index is -0.116. The van der Waals surface area contributed by atoms with E-state index in [1.165, 1.54) is 0 Å². The number of carbonyl (C=O) groups is 1. The summed E-state index contributed by atoms with van der Waals surface area (Å²) in [5.41, 5.74) is -0.116. The zero-order valence-electron chi connectivity index (χ0n) is 11.2. The summed E-state index contributed by atoms with van der Waals surface area (Å²) in [5, 5.41) is 14.7. The highest BCUT2D eigenvalue weighted by Crippen LogP contribution is 2.05. The fourth-order valence-corrected chi connectivity index (χ4v) is 1.95. The monoisotopic (exact) mass is 262 g/mol. The van der Waals surface area contributed by atoms with Crippen molar-refractivity contribution in [2.45, 2.75) is 39.2 Å². The maximum Gasteiger partial charge on any atom is 0.234 e. The summed E-state index contributed by atoms with van der Waals surface area (Å²) in [6, 6.07) is 0. The van der Waals surface area contributed by atoms with Crippen molar-refractivity contribution >= 4 is 17.7 Å². The van der Waals surface area contributed by atoms with Gasteiger partial charge in [0.2, 0.25) is 5.91 Å². The third-order valence-corrected chi connectivity index (χ3v) is 3.59. The van der Waals surface area contributed by atoms with E-state index < -0.39 is 0 Å². The molecule has 0 unspecified atom stereocenters. The van der Waals surface area contributed by atoms with Crippen LogP contribution in [0.4, 0.5) is 0 Å². The molecule has 0 aliphatic rings. The van der Waals surface area contributed by atoms with Crippen molar-refractivity contribution < 1.29 is 9.90 Å². The van der Waals surface area contributed by atoms with Gasteiger partial charge in [-0.2, -0.15) is 11.8 Å². The summed E-state index contributed by atoms with van der Waals surface area (Å²) < 4.78 is 0. The standard InChI is InChI=1S/C12H26N2O2S/c1-4-12(2,3)14-11(16)10-13-6-9-17-8-5-7-15/h13,15H,4-10H2,1-3H3,(H,14,16). The average Bonchev–Trinajstić information content (AvgIpc) is 2.27. The Morgan fingerprint density at radius 1 is 1.35 bits per heavy atom. The molecular formula is C12H26N2O2S. The van der Waals surface area contributed by atoms with E-state index in [2.05, 4.69) is 17.6 Å². The van der Waals surface area contributed by atoms with Crippen LogP contribution in [0.1, 0.15) is 33.6 Å². The first-order chi connectivity index (χ1) is 8.02. The van der Waals surface area contributed by atoms with E-state index in [0.717, 1.165) is 30.9 Å². The van der Waals surface area contributed by atoms with Gasteiger partial charge in [-0.15, -0.1) is 0 Å². The SMILES string of the molecule is CCC(C)(C)NC(=O)CNCCSCCCO. The molecule has 1 amide bonds. The molecule has 4 nitrogen and oxygen atoms in total. The van der Waals surface area contributed by atoms with Crippen molar-refractivity contribution in [3.05, 3.63) is 0 Å². The first-order valence-electron chi connectivity index (χ1n) is 6.22. The van der Waals surface area contributed by atoms with Crippen molar-refractivity contribution in [2.24, 2.45) is 0 Å². The van der Waals surface area contributed by atoms with E-state index in [0.29, 0.717) is 6.54 Å². The van der Waals surface area contributed by atoms with E-state index in [1.54, 1.807) is 11.8 Å². The highest BCUT2D eigenvalue weighted by atomic mass is 32.2. The third-order valence-electron chi connectivity index (χ3n) is 2.52. The third kappa shape index (κ3) is 10.6. The van der Waals surface area contributed by atoms with Gasteiger partial charge in [0, 0.05) is 24.4 Å². The molecule has 0 fully saturated rings. The lowest BCUT2D eigenvalue weighted by Crippen LogP contribution is -2.46. The largest absolute Gasteiger partial charge is 0.396 e. The maximum absolute atomic E-state index is 11.5. The zero-order chi connectivity index (χ0) is 13.1. The fraction of sp³-hybridized carbons (Fsp3) is 0.917. The van der Waals surface area contributed by atoms with Crippen molar-refractivity contribution in [2.75, 3.05) is 31.2 Å². The Balaban J connectivity index is 3.40. The van der Waals surface area contributed by atoms with E-state index >= 15 is 0 Å². The Labute approximate surface area is 109 Å². The Hall–Kier alpha value is -0.260. The molecule has 0 saturated heterocycles. The van der Waals surface area contributed by atoms with Crippen molar-refractivity contribution in [3.63, 3.8) is 0 Å². The first kappa shape index (κ1) is 16.7. The summed E-state index contributed by atoms with van der Waals surface area (Å²) in [4.78, 5) is 11.5. The van der Waals surface area contributed by atoms with Crippen LogP contribution in [0.15, 0.2) is 0 Å². The number of amides is 1. The van der Waals surface area contributed by atoms with Crippen molar-refractivity contribution in [1.29, 1.82) is 0 Å². The van der Waals surface area contributed by atoms with Crippen LogP contribution in [0.25, 0.3) is 0 Å². The summed E-state index contributed by atoms with van der Waals surface area (Å²) in [7, 11) is 0. The highest BCUT2D eigenvalue weighted by molar-refractivity contribution is 7.99. The molecule has 0 aromatic heterocycles. The predicted molar refractivity (Wildman–Crippen MR) is 74.4 cm³/mol. The molecule has 0 heterocycles.